The van der Waals surface area contributed by atoms with Gasteiger partial charge >= 0.3 is 5.97 Å². The van der Waals surface area contributed by atoms with E-state index in [1.54, 1.807) is 31.2 Å². The number of benzene rings is 2. The van der Waals surface area contributed by atoms with Crippen LogP contribution in [0, 0.1) is 5.82 Å². The number of halogens is 1. The van der Waals surface area contributed by atoms with Crippen molar-refractivity contribution in [1.82, 2.24) is 5.32 Å². The minimum atomic E-state index is -0.902. The Morgan fingerprint density at radius 3 is 2.46 bits per heavy atom. The number of rotatable bonds is 8. The first kappa shape index (κ1) is 17.7. The number of carbonyl (C=O) groups is 1. The molecule has 0 saturated carbocycles. The maximum absolute atomic E-state index is 12.9. The van der Waals surface area contributed by atoms with Gasteiger partial charge in [0.05, 0.1) is 7.11 Å². The number of carboxylic acid groups (broad SMARTS) is 1. The van der Waals surface area contributed by atoms with Crippen molar-refractivity contribution in [2.75, 3.05) is 7.11 Å². The van der Waals surface area contributed by atoms with E-state index in [1.165, 1.54) is 19.2 Å². The molecule has 24 heavy (non-hydrogen) atoms. The van der Waals surface area contributed by atoms with E-state index in [0.29, 0.717) is 24.7 Å². The average Bonchev–Trinajstić information content (AvgIpc) is 2.59. The van der Waals surface area contributed by atoms with E-state index in [9.17, 15) is 9.18 Å². The Morgan fingerprint density at radius 2 is 1.83 bits per heavy atom. The highest BCUT2D eigenvalue weighted by molar-refractivity contribution is 5.72. The first-order chi connectivity index (χ1) is 11.5. The Balaban J connectivity index is 2.00. The Kier molecular flexibility index (Phi) is 6.14. The van der Waals surface area contributed by atoms with Crippen LogP contribution in [0.15, 0.2) is 42.5 Å². The second-order valence-electron chi connectivity index (χ2n) is 5.34. The Bertz CT molecular complexity index is 688. The van der Waals surface area contributed by atoms with E-state index < -0.39 is 12.0 Å². The first-order valence-electron chi connectivity index (χ1n) is 7.50. The van der Waals surface area contributed by atoms with Gasteiger partial charge in [0.15, 0.2) is 11.5 Å². The van der Waals surface area contributed by atoms with E-state index in [4.69, 9.17) is 14.6 Å². The summed E-state index contributed by atoms with van der Waals surface area (Å²) < 4.78 is 23.9. The Morgan fingerprint density at radius 1 is 1.17 bits per heavy atom. The number of carboxylic acids is 1. The fraction of sp³-hybridized carbons (Fsp3) is 0.278. The highest BCUT2D eigenvalue weighted by Gasteiger charge is 2.11. The third kappa shape index (κ3) is 4.96. The second kappa shape index (κ2) is 8.31. The van der Waals surface area contributed by atoms with Crippen LogP contribution in [0.1, 0.15) is 18.1 Å². The van der Waals surface area contributed by atoms with Crippen LogP contribution in [0.3, 0.4) is 0 Å². The van der Waals surface area contributed by atoms with Crippen LogP contribution < -0.4 is 14.8 Å². The summed E-state index contributed by atoms with van der Waals surface area (Å²) in [6, 6.07) is 10.9. The summed E-state index contributed by atoms with van der Waals surface area (Å²) >= 11 is 0. The Labute approximate surface area is 140 Å². The van der Waals surface area contributed by atoms with Gasteiger partial charge in [-0.15, -0.1) is 0 Å². The highest BCUT2D eigenvalue weighted by Crippen LogP contribution is 2.28. The van der Waals surface area contributed by atoms with E-state index in [0.717, 1.165) is 11.1 Å². The predicted octanol–water partition coefficient (Wildman–Crippen LogP) is 2.98. The third-order valence-electron chi connectivity index (χ3n) is 3.52. The molecule has 0 spiro atoms. The normalized spacial score (nSPS) is 11.8. The molecule has 2 rings (SSSR count). The van der Waals surface area contributed by atoms with Gasteiger partial charge in [0.25, 0.3) is 0 Å². The molecule has 128 valence electrons. The van der Waals surface area contributed by atoms with Gasteiger partial charge < -0.3 is 19.9 Å². The molecule has 0 aliphatic carbocycles. The predicted molar refractivity (Wildman–Crippen MR) is 87.7 cm³/mol. The van der Waals surface area contributed by atoms with Crippen LogP contribution in [-0.2, 0) is 17.9 Å². The molecule has 0 aromatic heterocycles. The van der Waals surface area contributed by atoms with Crippen LogP contribution >= 0.6 is 0 Å². The maximum Gasteiger partial charge on any atom is 0.320 e. The van der Waals surface area contributed by atoms with Crippen LogP contribution in [0.25, 0.3) is 0 Å². The zero-order valence-electron chi connectivity index (χ0n) is 13.6. The maximum atomic E-state index is 12.9. The fourth-order valence-corrected chi connectivity index (χ4v) is 2.04. The summed E-state index contributed by atoms with van der Waals surface area (Å²) in [7, 11) is 1.54. The van der Waals surface area contributed by atoms with Crippen molar-refractivity contribution in [2.45, 2.75) is 26.1 Å². The van der Waals surface area contributed by atoms with Crippen LogP contribution in [0.4, 0.5) is 4.39 Å². The molecule has 1 atom stereocenters. The molecule has 6 heteroatoms. The van der Waals surface area contributed by atoms with Gasteiger partial charge in [0.1, 0.15) is 18.5 Å². The van der Waals surface area contributed by atoms with E-state index in [-0.39, 0.29) is 5.82 Å². The van der Waals surface area contributed by atoms with Crippen molar-refractivity contribution in [3.05, 3.63) is 59.4 Å². The van der Waals surface area contributed by atoms with Gasteiger partial charge in [0.2, 0.25) is 0 Å². The minimum absolute atomic E-state index is 0.288. The molecule has 0 bridgehead atoms. The number of nitrogens with one attached hydrogen (secondary N) is 1. The van der Waals surface area contributed by atoms with Gasteiger partial charge in [-0.3, -0.25) is 4.79 Å². The van der Waals surface area contributed by atoms with Gasteiger partial charge in [-0.25, -0.2) is 4.39 Å². The molecule has 2 N–H and O–H groups in total. The second-order valence-corrected chi connectivity index (χ2v) is 5.34. The summed E-state index contributed by atoms with van der Waals surface area (Å²) in [4.78, 5) is 10.8. The van der Waals surface area contributed by atoms with Crippen molar-refractivity contribution in [3.63, 3.8) is 0 Å². The summed E-state index contributed by atoms with van der Waals surface area (Å²) in [6.45, 7) is 2.28. The van der Waals surface area contributed by atoms with Crippen molar-refractivity contribution >= 4 is 5.97 Å². The van der Waals surface area contributed by atoms with E-state index in [2.05, 4.69) is 5.32 Å². The topological polar surface area (TPSA) is 67.8 Å². The molecule has 0 radical (unpaired) electrons. The molecule has 1 unspecified atom stereocenters. The number of ether oxygens (including phenoxy) is 2. The molecule has 0 heterocycles. The molecule has 2 aromatic carbocycles. The minimum Gasteiger partial charge on any atom is -0.493 e. The van der Waals surface area contributed by atoms with Gasteiger partial charge in [-0.1, -0.05) is 18.2 Å². The lowest BCUT2D eigenvalue weighted by Crippen LogP contribution is -2.33. The van der Waals surface area contributed by atoms with Gasteiger partial charge in [0, 0.05) is 6.54 Å². The summed E-state index contributed by atoms with van der Waals surface area (Å²) in [5.41, 5.74) is 1.73. The molecule has 0 amide bonds. The number of aliphatic carboxylic acids is 1. The third-order valence-corrected chi connectivity index (χ3v) is 3.52. The summed E-state index contributed by atoms with van der Waals surface area (Å²) in [5.74, 6) is -0.0683. The monoisotopic (exact) mass is 333 g/mol. The summed E-state index contributed by atoms with van der Waals surface area (Å²) in [5, 5.41) is 11.8. The number of hydrogen-bond donors (Lipinski definition) is 2. The number of methoxy groups -OCH3 is 1. The smallest absolute Gasteiger partial charge is 0.320 e. The first-order valence-corrected chi connectivity index (χ1v) is 7.50. The van der Waals surface area contributed by atoms with Crippen molar-refractivity contribution < 1.29 is 23.8 Å². The van der Waals surface area contributed by atoms with Crippen LogP contribution in [-0.4, -0.2) is 24.2 Å². The van der Waals surface area contributed by atoms with Gasteiger partial charge in [-0.2, -0.15) is 0 Å². The molecular weight excluding hydrogens is 313 g/mol. The molecule has 0 aliphatic heterocycles. The fourth-order valence-electron chi connectivity index (χ4n) is 2.04. The number of hydrogen-bond acceptors (Lipinski definition) is 4. The largest absolute Gasteiger partial charge is 0.493 e. The average molecular weight is 333 g/mol. The molecule has 0 fully saturated rings. The van der Waals surface area contributed by atoms with Crippen molar-refractivity contribution in [3.8, 4) is 11.5 Å². The lowest BCUT2D eigenvalue weighted by atomic mass is 10.2. The molecule has 0 aliphatic rings. The Hall–Kier alpha value is -2.60. The lowest BCUT2D eigenvalue weighted by molar-refractivity contribution is -0.139. The lowest BCUT2D eigenvalue weighted by Gasteiger charge is -2.14. The SMILES string of the molecule is COc1cc(CNC(C)C(=O)O)ccc1OCc1ccc(F)cc1. The summed E-state index contributed by atoms with van der Waals surface area (Å²) in [6.07, 6.45) is 0. The van der Waals surface area contributed by atoms with E-state index in [1.807, 2.05) is 6.07 Å². The van der Waals surface area contributed by atoms with Gasteiger partial charge in [-0.05, 0) is 42.3 Å². The molecule has 0 saturated heterocycles. The zero-order valence-corrected chi connectivity index (χ0v) is 13.6. The standard InChI is InChI=1S/C18H20FNO4/c1-12(18(21)22)20-10-14-5-8-16(17(9-14)23-2)24-11-13-3-6-15(19)7-4-13/h3-9,12,20H,10-11H2,1-2H3,(H,21,22). The van der Waals surface area contributed by atoms with Crippen LogP contribution in [0.5, 0.6) is 11.5 Å². The van der Waals surface area contributed by atoms with Crippen LogP contribution in [0.2, 0.25) is 0 Å². The molecule has 5 nitrogen and oxygen atoms in total. The molecular formula is C18H20FNO4. The van der Waals surface area contributed by atoms with Crippen molar-refractivity contribution in [2.24, 2.45) is 0 Å². The quantitative estimate of drug-likeness (QED) is 0.777. The highest BCUT2D eigenvalue weighted by atomic mass is 19.1. The van der Waals surface area contributed by atoms with Crippen molar-refractivity contribution in [1.29, 1.82) is 0 Å². The zero-order chi connectivity index (χ0) is 17.5. The molecule has 2 aromatic rings. The van der Waals surface area contributed by atoms with E-state index >= 15 is 0 Å².